The fourth-order valence-corrected chi connectivity index (χ4v) is 4.26. The maximum Gasteiger partial charge on any atom is 0.246 e. The molecule has 0 spiro atoms. The van der Waals surface area contributed by atoms with Gasteiger partial charge in [-0.25, -0.2) is 0 Å². The van der Waals surface area contributed by atoms with Crippen molar-refractivity contribution in [3.63, 3.8) is 0 Å². The van der Waals surface area contributed by atoms with E-state index in [1.54, 1.807) is 0 Å². The number of nitrogens with zero attached hydrogens (tertiary/aromatic N) is 1. The van der Waals surface area contributed by atoms with Crippen molar-refractivity contribution in [2.75, 3.05) is 12.8 Å². The Morgan fingerprint density at radius 2 is 2.00 bits per heavy atom. The minimum absolute atomic E-state index is 0.0262. The Bertz CT molecular complexity index is 370. The van der Waals surface area contributed by atoms with Gasteiger partial charge >= 0.3 is 0 Å². The number of carbonyl (C=O) groups is 2. The number of piperazine rings is 1. The molecule has 3 aliphatic rings. The first kappa shape index (κ1) is 12.3. The third-order valence-electron chi connectivity index (χ3n) is 4.39. The van der Waals surface area contributed by atoms with Gasteiger partial charge in [-0.15, -0.1) is 0 Å². The van der Waals surface area contributed by atoms with Crippen LogP contribution in [0.15, 0.2) is 0 Å². The zero-order chi connectivity index (χ0) is 12.7. The molecular formula is C13H20N2O2S. The highest BCUT2D eigenvalue weighted by molar-refractivity contribution is 7.99. The molecule has 0 radical (unpaired) electrons. The third-order valence-corrected chi connectivity index (χ3v) is 5.55. The molecule has 0 bridgehead atoms. The van der Waals surface area contributed by atoms with E-state index >= 15 is 0 Å². The van der Waals surface area contributed by atoms with E-state index in [9.17, 15) is 9.59 Å². The standard InChI is InChI=1S/C13H20N2O2S/c1-18-10-4-2-3-9(10)15-7-11(16)14-12(13(15)17)8-5-6-8/h8-10,12H,2-7H2,1H3,(H,14,16). The number of amides is 2. The summed E-state index contributed by atoms with van der Waals surface area (Å²) in [6.45, 7) is 0.268. The number of thioether (sulfide) groups is 1. The van der Waals surface area contributed by atoms with Crippen LogP contribution in [0.3, 0.4) is 0 Å². The van der Waals surface area contributed by atoms with E-state index in [-0.39, 0.29) is 30.4 Å². The lowest BCUT2D eigenvalue weighted by Crippen LogP contribution is -2.62. The predicted octanol–water partition coefficient (Wildman–Crippen LogP) is 1.01. The van der Waals surface area contributed by atoms with E-state index in [0.29, 0.717) is 11.2 Å². The number of hydrogen-bond donors (Lipinski definition) is 1. The molecule has 5 heteroatoms. The highest BCUT2D eigenvalue weighted by Gasteiger charge is 2.46. The molecule has 18 heavy (non-hydrogen) atoms. The van der Waals surface area contributed by atoms with Crippen molar-refractivity contribution in [3.05, 3.63) is 0 Å². The topological polar surface area (TPSA) is 49.4 Å². The highest BCUT2D eigenvalue weighted by atomic mass is 32.2. The van der Waals surface area contributed by atoms with Gasteiger partial charge in [-0.1, -0.05) is 6.42 Å². The Hall–Kier alpha value is -0.710. The van der Waals surface area contributed by atoms with E-state index in [4.69, 9.17) is 0 Å². The van der Waals surface area contributed by atoms with E-state index < -0.39 is 0 Å². The number of nitrogens with one attached hydrogen (secondary N) is 1. The summed E-state index contributed by atoms with van der Waals surface area (Å²) < 4.78 is 0. The van der Waals surface area contributed by atoms with Crippen LogP contribution in [0.5, 0.6) is 0 Å². The van der Waals surface area contributed by atoms with Gasteiger partial charge in [-0.05, 0) is 37.9 Å². The molecule has 100 valence electrons. The summed E-state index contributed by atoms with van der Waals surface area (Å²) >= 11 is 1.84. The van der Waals surface area contributed by atoms with Crippen molar-refractivity contribution in [1.82, 2.24) is 10.2 Å². The van der Waals surface area contributed by atoms with Crippen LogP contribution >= 0.6 is 11.8 Å². The molecule has 2 saturated carbocycles. The van der Waals surface area contributed by atoms with Gasteiger partial charge in [0.1, 0.15) is 6.04 Å². The molecule has 0 aromatic heterocycles. The largest absolute Gasteiger partial charge is 0.342 e. The van der Waals surface area contributed by atoms with E-state index in [2.05, 4.69) is 11.6 Å². The molecule has 3 fully saturated rings. The second kappa shape index (κ2) is 4.76. The van der Waals surface area contributed by atoms with Gasteiger partial charge in [-0.2, -0.15) is 11.8 Å². The molecule has 3 atom stereocenters. The van der Waals surface area contributed by atoms with Crippen molar-refractivity contribution >= 4 is 23.6 Å². The summed E-state index contributed by atoms with van der Waals surface area (Å²) in [5.41, 5.74) is 0. The van der Waals surface area contributed by atoms with Crippen molar-refractivity contribution in [2.45, 2.75) is 49.4 Å². The fraction of sp³-hybridized carbons (Fsp3) is 0.846. The van der Waals surface area contributed by atoms with Crippen LogP contribution in [0.25, 0.3) is 0 Å². The van der Waals surface area contributed by atoms with E-state index in [0.717, 1.165) is 19.3 Å². The van der Waals surface area contributed by atoms with Crippen molar-refractivity contribution in [1.29, 1.82) is 0 Å². The minimum atomic E-state index is -0.227. The molecule has 2 amide bonds. The van der Waals surface area contributed by atoms with E-state index in [1.807, 2.05) is 16.7 Å². The lowest BCUT2D eigenvalue weighted by molar-refractivity contribution is -0.147. The third kappa shape index (κ3) is 2.13. The smallest absolute Gasteiger partial charge is 0.246 e. The second-order valence-electron chi connectivity index (χ2n) is 5.62. The van der Waals surface area contributed by atoms with Crippen LogP contribution in [-0.2, 0) is 9.59 Å². The first-order valence-corrected chi connectivity index (χ1v) is 8.12. The Kier molecular flexibility index (Phi) is 3.26. The van der Waals surface area contributed by atoms with Crippen molar-refractivity contribution in [2.24, 2.45) is 5.92 Å². The van der Waals surface area contributed by atoms with Gasteiger partial charge in [0, 0.05) is 11.3 Å². The Morgan fingerprint density at radius 3 is 2.67 bits per heavy atom. The molecule has 0 aromatic carbocycles. The summed E-state index contributed by atoms with van der Waals surface area (Å²) in [6.07, 6.45) is 7.68. The summed E-state index contributed by atoms with van der Waals surface area (Å²) in [5.74, 6) is 0.597. The second-order valence-corrected chi connectivity index (χ2v) is 6.70. The average Bonchev–Trinajstić information content (AvgIpc) is 3.09. The summed E-state index contributed by atoms with van der Waals surface area (Å²) in [5, 5.41) is 3.39. The molecule has 4 nitrogen and oxygen atoms in total. The lowest BCUT2D eigenvalue weighted by Gasteiger charge is -2.38. The average molecular weight is 268 g/mol. The fourth-order valence-electron chi connectivity index (χ4n) is 3.26. The van der Waals surface area contributed by atoms with Crippen molar-refractivity contribution in [3.8, 4) is 0 Å². The van der Waals surface area contributed by atoms with Gasteiger partial charge in [0.15, 0.2) is 0 Å². The SMILES string of the molecule is CSC1CCCC1N1CC(=O)NC(C2CC2)C1=O. The molecule has 1 N–H and O–H groups in total. The number of rotatable bonds is 3. The molecule has 3 rings (SSSR count). The Labute approximate surface area is 112 Å². The van der Waals surface area contributed by atoms with Crippen LogP contribution < -0.4 is 5.32 Å². The molecule has 3 unspecified atom stereocenters. The molecule has 2 aliphatic carbocycles. The number of carbonyl (C=O) groups excluding carboxylic acids is 2. The Morgan fingerprint density at radius 1 is 1.22 bits per heavy atom. The van der Waals surface area contributed by atoms with Crippen LogP contribution in [0.4, 0.5) is 0 Å². The van der Waals surface area contributed by atoms with Crippen LogP contribution in [0.1, 0.15) is 32.1 Å². The first-order valence-electron chi connectivity index (χ1n) is 6.83. The van der Waals surface area contributed by atoms with Gasteiger partial charge in [0.25, 0.3) is 0 Å². The van der Waals surface area contributed by atoms with Crippen LogP contribution in [0.2, 0.25) is 0 Å². The van der Waals surface area contributed by atoms with Gasteiger partial charge in [0.05, 0.1) is 6.54 Å². The molecular weight excluding hydrogens is 248 g/mol. The molecule has 1 saturated heterocycles. The monoisotopic (exact) mass is 268 g/mol. The first-order chi connectivity index (χ1) is 8.70. The highest BCUT2D eigenvalue weighted by Crippen LogP contribution is 2.37. The number of hydrogen-bond acceptors (Lipinski definition) is 3. The summed E-state index contributed by atoms with van der Waals surface area (Å²) in [4.78, 5) is 26.2. The van der Waals surface area contributed by atoms with E-state index in [1.165, 1.54) is 12.8 Å². The van der Waals surface area contributed by atoms with Crippen molar-refractivity contribution < 1.29 is 9.59 Å². The minimum Gasteiger partial charge on any atom is -0.342 e. The summed E-state index contributed by atoms with van der Waals surface area (Å²) in [6, 6.07) is 0.0501. The summed E-state index contributed by atoms with van der Waals surface area (Å²) in [7, 11) is 0. The predicted molar refractivity (Wildman–Crippen MR) is 71.3 cm³/mol. The molecule has 0 aromatic rings. The van der Waals surface area contributed by atoms with Crippen LogP contribution in [0, 0.1) is 5.92 Å². The Balaban J connectivity index is 1.77. The normalized spacial score (nSPS) is 36.9. The zero-order valence-electron chi connectivity index (χ0n) is 10.7. The van der Waals surface area contributed by atoms with Gasteiger partial charge < -0.3 is 10.2 Å². The quantitative estimate of drug-likeness (QED) is 0.831. The zero-order valence-corrected chi connectivity index (χ0v) is 11.5. The maximum absolute atomic E-state index is 12.5. The lowest BCUT2D eigenvalue weighted by atomic mass is 10.1. The molecule has 1 heterocycles. The molecule has 1 aliphatic heterocycles. The van der Waals surface area contributed by atoms with Gasteiger partial charge in [-0.3, -0.25) is 9.59 Å². The maximum atomic E-state index is 12.5. The van der Waals surface area contributed by atoms with Crippen LogP contribution in [-0.4, -0.2) is 46.8 Å². The van der Waals surface area contributed by atoms with Gasteiger partial charge in [0.2, 0.25) is 11.8 Å².